The molecule has 0 aliphatic heterocycles. The largest absolute Gasteiger partial charge is 0.384 e. The molecule has 11 heavy (non-hydrogen) atoms. The third-order valence-electron chi connectivity index (χ3n) is 1.04. The van der Waals surface area contributed by atoms with Crippen molar-refractivity contribution >= 4 is 16.0 Å². The molecule has 0 fully saturated rings. The minimum atomic E-state index is -3.97. The van der Waals surface area contributed by atoms with Crippen LogP contribution in [-0.4, -0.2) is 24.6 Å². The van der Waals surface area contributed by atoms with E-state index in [4.69, 9.17) is 15.7 Å². The lowest BCUT2D eigenvalue weighted by Crippen LogP contribution is -2.15. The van der Waals surface area contributed by atoms with Gasteiger partial charge >= 0.3 is 0 Å². The Kier molecular flexibility index (Phi) is 3.21. The molecule has 0 saturated heterocycles. The summed E-state index contributed by atoms with van der Waals surface area (Å²) in [6, 6.07) is 0. The van der Waals surface area contributed by atoms with E-state index < -0.39 is 15.9 Å². The minimum absolute atomic E-state index is 0.00579. The molecule has 64 valence electrons. The molecule has 0 aromatic carbocycles. The Morgan fingerprint density at radius 3 is 2.36 bits per heavy atom. The first-order chi connectivity index (χ1) is 4.83. The van der Waals surface area contributed by atoms with E-state index in [9.17, 15) is 8.42 Å². The molecule has 0 atom stereocenters. The molecule has 4 N–H and O–H groups in total. The van der Waals surface area contributed by atoms with Gasteiger partial charge in [0.1, 0.15) is 5.84 Å². The standard InChI is InChI=1S/C5H10N2O3S/c1-4(5(6)7)2-3-11(8,9)10/h1-3H2,(H3,6,7)(H,8,9,10). The van der Waals surface area contributed by atoms with E-state index in [0.717, 1.165) is 0 Å². The number of nitrogens with two attached hydrogens (primary N) is 1. The molecule has 0 radical (unpaired) electrons. The maximum atomic E-state index is 10.2. The average molecular weight is 178 g/mol. The van der Waals surface area contributed by atoms with Gasteiger partial charge in [-0.15, -0.1) is 0 Å². The van der Waals surface area contributed by atoms with Gasteiger partial charge in [0.2, 0.25) is 0 Å². The van der Waals surface area contributed by atoms with Crippen molar-refractivity contribution < 1.29 is 13.0 Å². The van der Waals surface area contributed by atoms with Crippen LogP contribution >= 0.6 is 0 Å². The van der Waals surface area contributed by atoms with E-state index >= 15 is 0 Å². The summed E-state index contributed by atoms with van der Waals surface area (Å²) in [5, 5.41) is 6.81. The Morgan fingerprint density at radius 2 is 2.09 bits per heavy atom. The van der Waals surface area contributed by atoms with Gasteiger partial charge in [-0.2, -0.15) is 8.42 Å². The molecule has 0 spiro atoms. The lowest BCUT2D eigenvalue weighted by molar-refractivity contribution is 0.483. The van der Waals surface area contributed by atoms with E-state index in [0.29, 0.717) is 0 Å². The van der Waals surface area contributed by atoms with Gasteiger partial charge in [0.05, 0.1) is 5.75 Å². The van der Waals surface area contributed by atoms with Crippen LogP contribution in [-0.2, 0) is 10.1 Å². The number of hydrogen-bond donors (Lipinski definition) is 3. The molecule has 0 aliphatic carbocycles. The highest BCUT2D eigenvalue weighted by molar-refractivity contribution is 7.85. The Hall–Kier alpha value is -0.880. The summed E-state index contributed by atoms with van der Waals surface area (Å²) in [5.74, 6) is -0.695. The van der Waals surface area contributed by atoms with E-state index in [1.165, 1.54) is 0 Å². The first-order valence-electron chi connectivity index (χ1n) is 2.80. The van der Waals surface area contributed by atoms with Crippen LogP contribution in [0.4, 0.5) is 0 Å². The van der Waals surface area contributed by atoms with Gasteiger partial charge in [0, 0.05) is 0 Å². The second-order valence-corrected chi connectivity index (χ2v) is 3.63. The summed E-state index contributed by atoms with van der Waals surface area (Å²) < 4.78 is 28.6. The van der Waals surface area contributed by atoms with E-state index in [-0.39, 0.29) is 17.8 Å². The fourth-order valence-corrected chi connectivity index (χ4v) is 0.891. The minimum Gasteiger partial charge on any atom is -0.384 e. The maximum Gasteiger partial charge on any atom is 0.265 e. The molecular formula is C5H10N2O3S. The van der Waals surface area contributed by atoms with Crippen LogP contribution in [0.25, 0.3) is 0 Å². The van der Waals surface area contributed by atoms with Crippen molar-refractivity contribution in [3.63, 3.8) is 0 Å². The van der Waals surface area contributed by atoms with Crippen LogP contribution < -0.4 is 5.73 Å². The third-order valence-corrected chi connectivity index (χ3v) is 1.76. The molecule has 0 aliphatic rings. The fraction of sp³-hybridized carbons (Fsp3) is 0.400. The Labute approximate surface area is 65.2 Å². The first-order valence-corrected chi connectivity index (χ1v) is 4.41. The number of rotatable bonds is 4. The summed E-state index contributed by atoms with van der Waals surface area (Å²) in [6.07, 6.45) is -0.00579. The van der Waals surface area contributed by atoms with Gasteiger partial charge in [-0.1, -0.05) is 6.58 Å². The zero-order valence-electron chi connectivity index (χ0n) is 5.87. The summed E-state index contributed by atoms with van der Waals surface area (Å²) in [7, 11) is -3.97. The van der Waals surface area contributed by atoms with Crippen LogP contribution in [0.1, 0.15) is 6.42 Å². The lowest BCUT2D eigenvalue weighted by Gasteiger charge is -1.99. The van der Waals surface area contributed by atoms with Crippen molar-refractivity contribution in [1.82, 2.24) is 0 Å². The molecule has 0 aromatic rings. The van der Waals surface area contributed by atoms with Crippen LogP contribution in [0.5, 0.6) is 0 Å². The Balaban J connectivity index is 3.92. The monoisotopic (exact) mass is 178 g/mol. The highest BCUT2D eigenvalue weighted by Gasteiger charge is 2.06. The van der Waals surface area contributed by atoms with Gasteiger partial charge in [0.25, 0.3) is 10.1 Å². The van der Waals surface area contributed by atoms with Gasteiger partial charge < -0.3 is 5.73 Å². The molecule has 0 amide bonds. The lowest BCUT2D eigenvalue weighted by atomic mass is 10.2. The van der Waals surface area contributed by atoms with Gasteiger partial charge in [0.15, 0.2) is 0 Å². The molecule has 0 unspecified atom stereocenters. The molecule has 5 nitrogen and oxygen atoms in total. The first kappa shape index (κ1) is 10.1. The third kappa shape index (κ3) is 5.56. The van der Waals surface area contributed by atoms with Crippen molar-refractivity contribution in [3.05, 3.63) is 12.2 Å². The summed E-state index contributed by atoms with van der Waals surface area (Å²) in [6.45, 7) is 3.33. The average Bonchev–Trinajstić information content (AvgIpc) is 1.80. The smallest absolute Gasteiger partial charge is 0.265 e. The van der Waals surface area contributed by atoms with Crippen molar-refractivity contribution in [2.24, 2.45) is 5.73 Å². The topological polar surface area (TPSA) is 104 Å². The molecule has 0 saturated carbocycles. The second kappa shape index (κ2) is 3.49. The van der Waals surface area contributed by atoms with E-state index in [1.807, 2.05) is 0 Å². The van der Waals surface area contributed by atoms with Gasteiger partial charge in [-0.3, -0.25) is 9.96 Å². The van der Waals surface area contributed by atoms with Crippen LogP contribution in [0.15, 0.2) is 12.2 Å². The molecule has 6 heteroatoms. The highest BCUT2D eigenvalue weighted by Crippen LogP contribution is 1.98. The Bertz CT molecular complexity index is 267. The van der Waals surface area contributed by atoms with Gasteiger partial charge in [-0.25, -0.2) is 0 Å². The van der Waals surface area contributed by atoms with Crippen molar-refractivity contribution in [2.75, 3.05) is 5.75 Å². The zero-order valence-corrected chi connectivity index (χ0v) is 6.69. The highest BCUT2D eigenvalue weighted by atomic mass is 32.2. The second-order valence-electron chi connectivity index (χ2n) is 2.05. The quantitative estimate of drug-likeness (QED) is 0.314. The zero-order chi connectivity index (χ0) is 9.07. The predicted molar refractivity (Wildman–Crippen MR) is 42.1 cm³/mol. The van der Waals surface area contributed by atoms with Crippen LogP contribution in [0, 0.1) is 5.41 Å². The predicted octanol–water partition coefficient (Wildman–Crippen LogP) is -0.244. The summed E-state index contributed by atoms with van der Waals surface area (Å²) in [4.78, 5) is 0. The van der Waals surface area contributed by atoms with Crippen molar-refractivity contribution in [1.29, 1.82) is 5.41 Å². The van der Waals surface area contributed by atoms with Crippen LogP contribution in [0.3, 0.4) is 0 Å². The fourth-order valence-electron chi connectivity index (χ4n) is 0.387. The SMILES string of the molecule is C=C(CCS(=O)(=O)O)C(=N)N. The van der Waals surface area contributed by atoms with E-state index in [1.54, 1.807) is 0 Å². The Morgan fingerprint density at radius 1 is 1.64 bits per heavy atom. The van der Waals surface area contributed by atoms with Crippen molar-refractivity contribution in [3.8, 4) is 0 Å². The van der Waals surface area contributed by atoms with Gasteiger partial charge in [-0.05, 0) is 12.0 Å². The molecule has 0 heterocycles. The number of amidine groups is 1. The molecule has 0 bridgehead atoms. The summed E-state index contributed by atoms with van der Waals surface area (Å²) in [5.41, 5.74) is 5.18. The number of nitrogens with one attached hydrogen (secondary N) is 1. The van der Waals surface area contributed by atoms with Crippen LogP contribution in [0.2, 0.25) is 0 Å². The van der Waals surface area contributed by atoms with Crippen molar-refractivity contribution in [2.45, 2.75) is 6.42 Å². The van der Waals surface area contributed by atoms with E-state index in [2.05, 4.69) is 6.58 Å². The molecular weight excluding hydrogens is 168 g/mol. The summed E-state index contributed by atoms with van der Waals surface area (Å²) >= 11 is 0. The maximum absolute atomic E-state index is 10.2. The normalized spacial score (nSPS) is 11.0. The molecule has 0 aromatic heterocycles. The molecule has 0 rings (SSSR count). The number of hydrogen-bond acceptors (Lipinski definition) is 3.